The third kappa shape index (κ3) is 9.96. The largest absolute Gasteiger partial charge is 0.466 e. The number of hydrogen-bond donors (Lipinski definition) is 1. The molecule has 0 fully saturated rings. The van der Waals surface area contributed by atoms with E-state index in [1.807, 2.05) is 39.8 Å². The molecule has 2 aromatic carbocycles. The van der Waals surface area contributed by atoms with Crippen molar-refractivity contribution in [3.63, 3.8) is 0 Å². The molecule has 0 heterocycles. The zero-order valence-electron chi connectivity index (χ0n) is 18.4. The first-order chi connectivity index (χ1) is 14.3. The van der Waals surface area contributed by atoms with Gasteiger partial charge in [-0.2, -0.15) is 0 Å². The molecule has 0 unspecified atom stereocenters. The summed E-state index contributed by atoms with van der Waals surface area (Å²) >= 11 is 0. The summed E-state index contributed by atoms with van der Waals surface area (Å²) in [7, 11) is 0. The van der Waals surface area contributed by atoms with E-state index in [2.05, 4.69) is 11.9 Å². The average Bonchev–Trinajstić information content (AvgIpc) is 2.72. The first-order valence-electron chi connectivity index (χ1n) is 10.0. The second-order valence-corrected chi connectivity index (χ2v) is 5.74. The Bertz CT molecular complexity index is 818. The number of esters is 1. The molecular formula is C24H31F2NO3. The van der Waals surface area contributed by atoms with Crippen molar-refractivity contribution in [2.24, 2.45) is 0 Å². The number of Topliss-reactive ketones (excluding diaryl/α,β-unsaturated/α-hetero) is 1. The lowest BCUT2D eigenvalue weighted by atomic mass is 10.1. The maximum absolute atomic E-state index is 13.6. The minimum absolute atomic E-state index is 0.114. The first kappa shape index (κ1) is 27.0. The number of anilines is 1. The number of carbonyl (C=O) groups excluding carboxylic acids is 2. The predicted octanol–water partition coefficient (Wildman–Crippen LogP) is 6.32. The fraction of sp³-hybridized carbons (Fsp3) is 0.333. The number of ether oxygens (including phenoxy) is 1. The van der Waals surface area contributed by atoms with Crippen LogP contribution in [0, 0.1) is 11.6 Å². The van der Waals surface area contributed by atoms with Crippen LogP contribution in [0.25, 0.3) is 0 Å². The third-order valence-electron chi connectivity index (χ3n) is 3.58. The van der Waals surface area contributed by atoms with E-state index < -0.39 is 17.4 Å². The fourth-order valence-electron chi connectivity index (χ4n) is 2.32. The summed E-state index contributed by atoms with van der Waals surface area (Å²) < 4.78 is 31.4. The summed E-state index contributed by atoms with van der Waals surface area (Å²) in [6, 6.07) is 10.2. The summed E-state index contributed by atoms with van der Waals surface area (Å²) in [6.45, 7) is 13.4. The highest BCUT2D eigenvalue weighted by Crippen LogP contribution is 2.17. The van der Waals surface area contributed by atoms with E-state index in [1.54, 1.807) is 12.1 Å². The highest BCUT2D eigenvalue weighted by Gasteiger charge is 2.13. The highest BCUT2D eigenvalue weighted by atomic mass is 19.1. The van der Waals surface area contributed by atoms with Crippen LogP contribution in [-0.4, -0.2) is 18.4 Å². The number of carbonyl (C=O) groups is 2. The second kappa shape index (κ2) is 14.9. The molecule has 6 heteroatoms. The topological polar surface area (TPSA) is 55.4 Å². The lowest BCUT2D eigenvalue weighted by Gasteiger charge is -2.10. The molecule has 0 aliphatic rings. The zero-order valence-corrected chi connectivity index (χ0v) is 18.4. The summed E-state index contributed by atoms with van der Waals surface area (Å²) in [5.74, 6) is -2.43. The van der Waals surface area contributed by atoms with Crippen molar-refractivity contribution in [2.45, 2.75) is 47.5 Å². The van der Waals surface area contributed by atoms with Crippen LogP contribution in [0.2, 0.25) is 0 Å². The highest BCUT2D eigenvalue weighted by molar-refractivity contribution is 5.98. The molecule has 4 nitrogen and oxygen atoms in total. The smallest absolute Gasteiger partial charge is 0.302 e. The van der Waals surface area contributed by atoms with Gasteiger partial charge in [0.2, 0.25) is 0 Å². The van der Waals surface area contributed by atoms with Gasteiger partial charge in [-0.25, -0.2) is 8.78 Å². The quantitative estimate of drug-likeness (QED) is 0.402. The molecule has 0 spiro atoms. The molecule has 0 bridgehead atoms. The molecule has 0 saturated carbocycles. The SMILES string of the molecule is C=C(CC(=O)c1ccc(F)cc1F)Nc1ccc(CCOC(C)=O)cc1.CC.CC. The van der Waals surface area contributed by atoms with Gasteiger partial charge in [0.25, 0.3) is 0 Å². The molecular weight excluding hydrogens is 388 g/mol. The maximum atomic E-state index is 13.6. The normalized spacial score (nSPS) is 9.30. The van der Waals surface area contributed by atoms with Crippen LogP contribution in [0.1, 0.15) is 57.0 Å². The summed E-state index contributed by atoms with van der Waals surface area (Å²) in [5, 5.41) is 2.98. The molecule has 0 aliphatic heterocycles. The van der Waals surface area contributed by atoms with Gasteiger partial charge in [0, 0.05) is 30.8 Å². The van der Waals surface area contributed by atoms with Crippen molar-refractivity contribution in [1.82, 2.24) is 0 Å². The predicted molar refractivity (Wildman–Crippen MR) is 118 cm³/mol. The van der Waals surface area contributed by atoms with Crippen molar-refractivity contribution < 1.29 is 23.1 Å². The zero-order chi connectivity index (χ0) is 23.1. The van der Waals surface area contributed by atoms with Crippen molar-refractivity contribution >= 4 is 17.4 Å². The van der Waals surface area contributed by atoms with Crippen molar-refractivity contribution in [1.29, 1.82) is 0 Å². The molecule has 2 aromatic rings. The maximum Gasteiger partial charge on any atom is 0.302 e. The number of rotatable bonds is 8. The van der Waals surface area contributed by atoms with Gasteiger partial charge in [0.15, 0.2) is 5.78 Å². The van der Waals surface area contributed by atoms with E-state index in [0.717, 1.165) is 23.4 Å². The van der Waals surface area contributed by atoms with Gasteiger partial charge in [-0.1, -0.05) is 46.4 Å². The summed E-state index contributed by atoms with van der Waals surface area (Å²) in [4.78, 5) is 22.8. The molecule has 2 rings (SSSR count). The molecule has 1 N–H and O–H groups in total. The van der Waals surface area contributed by atoms with Crippen LogP contribution >= 0.6 is 0 Å². The van der Waals surface area contributed by atoms with Crippen LogP contribution in [-0.2, 0) is 16.0 Å². The summed E-state index contributed by atoms with van der Waals surface area (Å²) in [6.07, 6.45) is 0.486. The molecule has 30 heavy (non-hydrogen) atoms. The first-order valence-corrected chi connectivity index (χ1v) is 10.0. The van der Waals surface area contributed by atoms with Crippen LogP contribution in [0.3, 0.4) is 0 Å². The van der Waals surface area contributed by atoms with E-state index in [-0.39, 0.29) is 18.0 Å². The van der Waals surface area contributed by atoms with E-state index >= 15 is 0 Å². The van der Waals surface area contributed by atoms with E-state index in [0.29, 0.717) is 24.8 Å². The Balaban J connectivity index is 0.00000198. The molecule has 0 atom stereocenters. The second-order valence-electron chi connectivity index (χ2n) is 5.74. The van der Waals surface area contributed by atoms with E-state index in [1.165, 1.54) is 6.92 Å². The third-order valence-corrected chi connectivity index (χ3v) is 3.58. The standard InChI is InChI=1S/C20H19F2NO3.2C2H6/c1-13(11-20(25)18-8-5-16(21)12-19(18)22)23-17-6-3-15(4-7-17)9-10-26-14(2)24;2*1-2/h3-8,12,23H,1,9-11H2,2H3;2*1-2H3. The molecule has 0 aromatic heterocycles. The summed E-state index contributed by atoms with van der Waals surface area (Å²) in [5.41, 5.74) is 1.94. The van der Waals surface area contributed by atoms with Gasteiger partial charge >= 0.3 is 5.97 Å². The lowest BCUT2D eigenvalue weighted by molar-refractivity contribution is -0.140. The van der Waals surface area contributed by atoms with Gasteiger partial charge in [0.1, 0.15) is 11.6 Å². The van der Waals surface area contributed by atoms with Crippen LogP contribution in [0.5, 0.6) is 0 Å². The number of hydrogen-bond acceptors (Lipinski definition) is 4. The van der Waals surface area contributed by atoms with E-state index in [9.17, 15) is 18.4 Å². The van der Waals surface area contributed by atoms with Crippen molar-refractivity contribution in [3.05, 3.63) is 77.5 Å². The number of benzene rings is 2. The number of ketones is 1. The van der Waals surface area contributed by atoms with Crippen molar-refractivity contribution in [3.8, 4) is 0 Å². The minimum atomic E-state index is -0.889. The Kier molecular flexibility index (Phi) is 13.4. The van der Waals surface area contributed by atoms with Crippen LogP contribution in [0.4, 0.5) is 14.5 Å². The van der Waals surface area contributed by atoms with E-state index in [4.69, 9.17) is 4.74 Å². The van der Waals surface area contributed by atoms with Crippen LogP contribution in [0.15, 0.2) is 54.7 Å². The van der Waals surface area contributed by atoms with Crippen LogP contribution < -0.4 is 5.32 Å². The average molecular weight is 420 g/mol. The Morgan fingerprint density at radius 3 is 2.13 bits per heavy atom. The molecule has 164 valence electrons. The molecule has 0 saturated heterocycles. The number of halogens is 2. The minimum Gasteiger partial charge on any atom is -0.466 e. The fourth-order valence-corrected chi connectivity index (χ4v) is 2.32. The monoisotopic (exact) mass is 419 g/mol. The Labute approximate surface area is 178 Å². The number of allylic oxidation sites excluding steroid dienone is 1. The number of nitrogens with one attached hydrogen (secondary N) is 1. The van der Waals surface area contributed by atoms with Gasteiger partial charge in [-0.15, -0.1) is 0 Å². The molecule has 0 radical (unpaired) electrons. The lowest BCUT2D eigenvalue weighted by Crippen LogP contribution is -2.08. The van der Waals surface area contributed by atoms with Gasteiger partial charge in [-0.05, 0) is 29.8 Å². The van der Waals surface area contributed by atoms with Gasteiger partial charge in [0.05, 0.1) is 18.6 Å². The Hall–Kier alpha value is -3.02. The molecule has 0 amide bonds. The Morgan fingerprint density at radius 2 is 1.60 bits per heavy atom. The van der Waals surface area contributed by atoms with Crippen molar-refractivity contribution in [2.75, 3.05) is 11.9 Å². The van der Waals surface area contributed by atoms with Gasteiger partial charge in [-0.3, -0.25) is 9.59 Å². The Morgan fingerprint density at radius 1 is 1.00 bits per heavy atom. The van der Waals surface area contributed by atoms with Gasteiger partial charge < -0.3 is 10.1 Å². The molecule has 0 aliphatic carbocycles.